The van der Waals surface area contributed by atoms with Gasteiger partial charge >= 0.3 is 0 Å². The van der Waals surface area contributed by atoms with Gasteiger partial charge < -0.3 is 10.6 Å². The van der Waals surface area contributed by atoms with Gasteiger partial charge in [-0.3, -0.25) is 4.79 Å². The highest BCUT2D eigenvalue weighted by Gasteiger charge is 2.29. The van der Waals surface area contributed by atoms with Crippen molar-refractivity contribution in [2.75, 3.05) is 19.6 Å². The maximum Gasteiger partial charge on any atom is 0.240 e. The van der Waals surface area contributed by atoms with Crippen LogP contribution < -0.4 is 10.5 Å². The first-order chi connectivity index (χ1) is 12.4. The first kappa shape index (κ1) is 19.3. The highest BCUT2D eigenvalue weighted by atomic mass is 32.2. The van der Waals surface area contributed by atoms with Gasteiger partial charge in [0.05, 0.1) is 4.90 Å². The van der Waals surface area contributed by atoms with Crippen LogP contribution in [0.3, 0.4) is 0 Å². The average molecular weight is 380 g/mol. The van der Waals surface area contributed by atoms with Crippen LogP contribution in [0, 0.1) is 5.92 Å². The topological polar surface area (TPSA) is 92.5 Å². The molecule has 1 fully saturated rings. The summed E-state index contributed by atoms with van der Waals surface area (Å²) < 4.78 is 28.7. The van der Waals surface area contributed by atoms with Crippen molar-refractivity contribution in [3.05, 3.63) is 29.3 Å². The highest BCUT2D eigenvalue weighted by molar-refractivity contribution is 7.89. The Labute approximate surface area is 156 Å². The monoisotopic (exact) mass is 379 g/mol. The van der Waals surface area contributed by atoms with Gasteiger partial charge in [0, 0.05) is 26.1 Å². The molecule has 3 rings (SSSR count). The van der Waals surface area contributed by atoms with Crippen molar-refractivity contribution in [1.82, 2.24) is 9.62 Å². The summed E-state index contributed by atoms with van der Waals surface area (Å²) in [6.07, 6.45) is 5.43. The molecule has 1 heterocycles. The van der Waals surface area contributed by atoms with Gasteiger partial charge in [-0.1, -0.05) is 18.9 Å². The minimum Gasteiger partial charge on any atom is -0.342 e. The second kappa shape index (κ2) is 8.06. The van der Waals surface area contributed by atoms with Gasteiger partial charge in [0.1, 0.15) is 0 Å². The molecule has 3 N–H and O–H groups in total. The van der Waals surface area contributed by atoms with Crippen LogP contribution in [0.5, 0.6) is 0 Å². The number of hydrogen-bond acceptors (Lipinski definition) is 4. The summed E-state index contributed by atoms with van der Waals surface area (Å²) >= 11 is 0. The number of nitrogens with two attached hydrogens (primary N) is 1. The molecule has 1 aliphatic heterocycles. The molecule has 1 aliphatic carbocycles. The fourth-order valence-electron chi connectivity index (χ4n) is 4.10. The van der Waals surface area contributed by atoms with E-state index in [2.05, 4.69) is 4.72 Å². The third-order valence-corrected chi connectivity index (χ3v) is 7.24. The summed E-state index contributed by atoms with van der Waals surface area (Å²) in [6.45, 7) is 3.41. The standard InChI is InChI=1S/C19H29N3O3S/c1-14(23)22-10-8-15-6-7-18(12-16(15)9-11-22)26(24,25)21-19-5-3-2-4-17(19)13-20/h6-7,12,17,19,21H,2-5,8-11,13,20H2,1H3. The van der Waals surface area contributed by atoms with Gasteiger partial charge in [-0.05, 0) is 61.4 Å². The van der Waals surface area contributed by atoms with Crippen molar-refractivity contribution in [3.8, 4) is 0 Å². The lowest BCUT2D eigenvalue weighted by Gasteiger charge is -2.31. The molecule has 2 atom stereocenters. The van der Waals surface area contributed by atoms with Crippen molar-refractivity contribution < 1.29 is 13.2 Å². The average Bonchev–Trinajstić information content (AvgIpc) is 2.84. The number of benzene rings is 1. The van der Waals surface area contributed by atoms with E-state index >= 15 is 0 Å². The van der Waals surface area contributed by atoms with E-state index in [0.29, 0.717) is 31.0 Å². The Morgan fingerprint density at radius 2 is 1.88 bits per heavy atom. The number of rotatable bonds is 4. The molecule has 0 aromatic heterocycles. The maximum absolute atomic E-state index is 12.9. The number of carbonyl (C=O) groups excluding carboxylic acids is 1. The van der Waals surface area contributed by atoms with Crippen molar-refractivity contribution in [3.63, 3.8) is 0 Å². The number of nitrogens with one attached hydrogen (secondary N) is 1. The first-order valence-corrected chi connectivity index (χ1v) is 11.0. The number of nitrogens with zero attached hydrogens (tertiary/aromatic N) is 1. The SMILES string of the molecule is CC(=O)N1CCc2ccc(S(=O)(=O)NC3CCCCC3CN)cc2CC1. The second-order valence-electron chi connectivity index (χ2n) is 7.44. The Kier molecular flexibility index (Phi) is 5.99. The van der Waals surface area contributed by atoms with E-state index < -0.39 is 10.0 Å². The molecule has 0 saturated heterocycles. The lowest BCUT2D eigenvalue weighted by atomic mass is 9.85. The number of carbonyl (C=O) groups is 1. The lowest BCUT2D eigenvalue weighted by molar-refractivity contribution is -0.128. The number of fused-ring (bicyclic) bond motifs is 1. The zero-order valence-electron chi connectivity index (χ0n) is 15.4. The number of amides is 1. The highest BCUT2D eigenvalue weighted by Crippen LogP contribution is 2.26. The van der Waals surface area contributed by atoms with Gasteiger partial charge in [0.15, 0.2) is 0 Å². The normalized spacial score (nSPS) is 24.0. The molecule has 0 bridgehead atoms. The predicted molar refractivity (Wildman–Crippen MR) is 101 cm³/mol. The van der Waals surface area contributed by atoms with E-state index in [1.54, 1.807) is 19.1 Å². The molecule has 7 heteroatoms. The van der Waals surface area contributed by atoms with Gasteiger partial charge in [0.25, 0.3) is 0 Å². The van der Waals surface area contributed by atoms with Crippen LogP contribution in [0.15, 0.2) is 23.1 Å². The van der Waals surface area contributed by atoms with Crippen molar-refractivity contribution in [1.29, 1.82) is 0 Å². The summed E-state index contributed by atoms with van der Waals surface area (Å²) in [4.78, 5) is 13.8. The van der Waals surface area contributed by atoms with Crippen molar-refractivity contribution >= 4 is 15.9 Å². The van der Waals surface area contributed by atoms with Gasteiger partial charge in [-0.25, -0.2) is 13.1 Å². The van der Waals surface area contributed by atoms with E-state index in [0.717, 1.165) is 43.2 Å². The van der Waals surface area contributed by atoms with Gasteiger partial charge in [0.2, 0.25) is 15.9 Å². The summed E-state index contributed by atoms with van der Waals surface area (Å²) in [5, 5.41) is 0. The molecule has 6 nitrogen and oxygen atoms in total. The minimum atomic E-state index is -3.56. The Balaban J connectivity index is 1.78. The Bertz CT molecular complexity index is 763. The van der Waals surface area contributed by atoms with Crippen molar-refractivity contribution in [2.45, 2.75) is 56.4 Å². The molecule has 2 unspecified atom stereocenters. The molecule has 0 spiro atoms. The van der Waals surface area contributed by atoms with E-state index in [1.807, 2.05) is 11.0 Å². The summed E-state index contributed by atoms with van der Waals surface area (Å²) in [7, 11) is -3.56. The maximum atomic E-state index is 12.9. The number of hydrogen-bond donors (Lipinski definition) is 2. The minimum absolute atomic E-state index is 0.0671. The zero-order valence-corrected chi connectivity index (χ0v) is 16.2. The van der Waals surface area contributed by atoms with E-state index in [4.69, 9.17) is 5.73 Å². The van der Waals surface area contributed by atoms with Crippen LogP contribution in [-0.2, 0) is 27.7 Å². The molecule has 1 saturated carbocycles. The fourth-order valence-corrected chi connectivity index (χ4v) is 5.49. The van der Waals surface area contributed by atoms with Gasteiger partial charge in [-0.2, -0.15) is 0 Å². The molecular weight excluding hydrogens is 350 g/mol. The third-order valence-electron chi connectivity index (χ3n) is 5.75. The van der Waals surface area contributed by atoms with Crippen LogP contribution in [0.1, 0.15) is 43.7 Å². The molecule has 1 aromatic carbocycles. The Morgan fingerprint density at radius 3 is 2.58 bits per heavy atom. The summed E-state index contributed by atoms with van der Waals surface area (Å²) in [5.41, 5.74) is 7.98. The Hall–Kier alpha value is -1.44. The van der Waals surface area contributed by atoms with Crippen LogP contribution in [0.4, 0.5) is 0 Å². The smallest absolute Gasteiger partial charge is 0.240 e. The fraction of sp³-hybridized carbons (Fsp3) is 0.632. The number of sulfonamides is 1. The van der Waals surface area contributed by atoms with Crippen LogP contribution in [-0.4, -0.2) is 44.9 Å². The molecular formula is C19H29N3O3S. The summed E-state index contributed by atoms with van der Waals surface area (Å²) in [6, 6.07) is 5.28. The first-order valence-electron chi connectivity index (χ1n) is 9.50. The molecule has 1 aromatic rings. The third kappa shape index (κ3) is 4.27. The van der Waals surface area contributed by atoms with Crippen molar-refractivity contribution in [2.24, 2.45) is 11.7 Å². The van der Waals surface area contributed by atoms with E-state index in [1.165, 1.54) is 0 Å². The lowest BCUT2D eigenvalue weighted by Crippen LogP contribution is -2.44. The molecule has 1 amide bonds. The van der Waals surface area contributed by atoms with E-state index in [-0.39, 0.29) is 17.9 Å². The zero-order chi connectivity index (χ0) is 18.7. The molecule has 0 radical (unpaired) electrons. The van der Waals surface area contributed by atoms with E-state index in [9.17, 15) is 13.2 Å². The van der Waals surface area contributed by atoms with Crippen LogP contribution in [0.25, 0.3) is 0 Å². The second-order valence-corrected chi connectivity index (χ2v) is 9.16. The van der Waals surface area contributed by atoms with Gasteiger partial charge in [-0.15, -0.1) is 0 Å². The molecule has 144 valence electrons. The van der Waals surface area contributed by atoms with Crippen LogP contribution >= 0.6 is 0 Å². The quantitative estimate of drug-likeness (QED) is 0.828. The van der Waals surface area contributed by atoms with Crippen LogP contribution in [0.2, 0.25) is 0 Å². The molecule has 26 heavy (non-hydrogen) atoms. The largest absolute Gasteiger partial charge is 0.342 e. The Morgan fingerprint density at radius 1 is 1.19 bits per heavy atom. The summed E-state index contributed by atoms with van der Waals surface area (Å²) in [5.74, 6) is 0.279. The molecule has 2 aliphatic rings. The predicted octanol–water partition coefficient (Wildman–Crippen LogP) is 1.43.